The van der Waals surface area contributed by atoms with Crippen LogP contribution in [0.25, 0.3) is 0 Å². The van der Waals surface area contributed by atoms with E-state index in [1.165, 1.54) is 4.90 Å². The third-order valence-corrected chi connectivity index (χ3v) is 3.58. The maximum absolute atomic E-state index is 11.8. The Hall–Kier alpha value is -2.08. The van der Waals surface area contributed by atoms with Gasteiger partial charge in [-0.1, -0.05) is 0 Å². The minimum Gasteiger partial charge on any atom is -0.378 e. The molecule has 2 amide bonds. The summed E-state index contributed by atoms with van der Waals surface area (Å²) < 4.78 is 5.33. The molecular weight excluding hydrogens is 258 g/mol. The Kier molecular flexibility index (Phi) is 3.56. The predicted molar refractivity (Wildman–Crippen MR) is 74.8 cm³/mol. The maximum atomic E-state index is 11.8. The number of morpholine rings is 1. The summed E-state index contributed by atoms with van der Waals surface area (Å²) in [6.07, 6.45) is 0. The van der Waals surface area contributed by atoms with Crippen LogP contribution in [0.2, 0.25) is 0 Å². The molecule has 0 aromatic heterocycles. The lowest BCUT2D eigenvalue weighted by molar-refractivity contribution is -0.128. The van der Waals surface area contributed by atoms with Gasteiger partial charge in [-0.2, -0.15) is 0 Å². The lowest BCUT2D eigenvalue weighted by atomic mass is 10.2. The molecule has 2 heterocycles. The number of piperazine rings is 1. The number of anilines is 2. The first kappa shape index (κ1) is 12.9. The monoisotopic (exact) mass is 275 g/mol. The third-order valence-electron chi connectivity index (χ3n) is 3.58. The van der Waals surface area contributed by atoms with Gasteiger partial charge in [-0.25, -0.2) is 0 Å². The molecule has 20 heavy (non-hydrogen) atoms. The normalized spacial score (nSPS) is 20.0. The second-order valence-electron chi connectivity index (χ2n) is 4.87. The van der Waals surface area contributed by atoms with E-state index < -0.39 is 0 Å². The number of amides is 2. The zero-order valence-corrected chi connectivity index (χ0v) is 11.2. The van der Waals surface area contributed by atoms with Crippen LogP contribution >= 0.6 is 0 Å². The van der Waals surface area contributed by atoms with E-state index in [1.54, 1.807) is 0 Å². The van der Waals surface area contributed by atoms with Crippen LogP contribution in [0.15, 0.2) is 24.3 Å². The molecule has 2 aliphatic rings. The number of rotatable bonds is 2. The molecule has 0 bridgehead atoms. The topological polar surface area (TPSA) is 61.9 Å². The Bertz CT molecular complexity index is 509. The number of nitrogens with one attached hydrogen (secondary N) is 1. The summed E-state index contributed by atoms with van der Waals surface area (Å²) in [5.41, 5.74) is 1.88. The van der Waals surface area contributed by atoms with Crippen LogP contribution in [-0.4, -0.2) is 51.2 Å². The van der Waals surface area contributed by atoms with E-state index in [2.05, 4.69) is 10.2 Å². The zero-order valence-electron chi connectivity index (χ0n) is 11.2. The number of hydrogen-bond donors (Lipinski definition) is 1. The van der Waals surface area contributed by atoms with Crippen LogP contribution in [0.5, 0.6) is 0 Å². The molecule has 2 fully saturated rings. The molecule has 1 N–H and O–H groups in total. The summed E-state index contributed by atoms with van der Waals surface area (Å²) in [6, 6.07) is 7.75. The fourth-order valence-electron chi connectivity index (χ4n) is 2.46. The minimum absolute atomic E-state index is 0.0735. The number of carbonyl (C=O) groups excluding carboxylic acids is 2. The average Bonchev–Trinajstić information content (AvgIpc) is 2.51. The number of carbonyl (C=O) groups is 2. The van der Waals surface area contributed by atoms with Crippen molar-refractivity contribution in [3.8, 4) is 0 Å². The Morgan fingerprint density at radius 1 is 1.00 bits per heavy atom. The van der Waals surface area contributed by atoms with E-state index in [-0.39, 0.29) is 24.9 Å². The predicted octanol–water partition coefficient (Wildman–Crippen LogP) is -0.0140. The van der Waals surface area contributed by atoms with Crippen LogP contribution in [0.4, 0.5) is 11.4 Å². The van der Waals surface area contributed by atoms with E-state index in [0.717, 1.165) is 37.7 Å². The number of hydrogen-bond acceptors (Lipinski definition) is 4. The largest absolute Gasteiger partial charge is 0.378 e. The Labute approximate surface area is 117 Å². The molecule has 6 heteroatoms. The maximum Gasteiger partial charge on any atom is 0.246 e. The molecule has 106 valence electrons. The summed E-state index contributed by atoms with van der Waals surface area (Å²) in [6.45, 7) is 3.41. The van der Waals surface area contributed by atoms with Crippen LogP contribution in [0.3, 0.4) is 0 Å². The molecule has 0 spiro atoms. The van der Waals surface area contributed by atoms with Gasteiger partial charge in [0.15, 0.2) is 0 Å². The molecule has 0 unspecified atom stereocenters. The van der Waals surface area contributed by atoms with E-state index in [4.69, 9.17) is 4.74 Å². The highest BCUT2D eigenvalue weighted by Crippen LogP contribution is 2.22. The average molecular weight is 275 g/mol. The molecule has 2 saturated heterocycles. The van der Waals surface area contributed by atoms with Crippen molar-refractivity contribution in [3.05, 3.63) is 24.3 Å². The molecule has 0 radical (unpaired) electrons. The highest BCUT2D eigenvalue weighted by molar-refractivity contribution is 6.04. The lowest BCUT2D eigenvalue weighted by Crippen LogP contribution is -2.51. The van der Waals surface area contributed by atoms with E-state index in [9.17, 15) is 9.59 Å². The van der Waals surface area contributed by atoms with Crippen molar-refractivity contribution in [3.63, 3.8) is 0 Å². The molecule has 1 aromatic rings. The Balaban J connectivity index is 1.74. The van der Waals surface area contributed by atoms with Gasteiger partial charge in [0.1, 0.15) is 6.54 Å². The molecule has 3 rings (SSSR count). The Morgan fingerprint density at radius 2 is 1.65 bits per heavy atom. The van der Waals surface area contributed by atoms with Crippen LogP contribution in [-0.2, 0) is 14.3 Å². The lowest BCUT2D eigenvalue weighted by Gasteiger charge is -2.30. The SMILES string of the molecule is O=C1CN(c2ccc(N3CCOCC3)cc2)C(=O)CN1. The highest BCUT2D eigenvalue weighted by Gasteiger charge is 2.24. The molecular formula is C14H17N3O3. The molecule has 2 aliphatic heterocycles. The van der Waals surface area contributed by atoms with Crippen molar-refractivity contribution in [1.82, 2.24) is 5.32 Å². The number of benzene rings is 1. The van der Waals surface area contributed by atoms with Gasteiger partial charge in [0, 0.05) is 24.5 Å². The van der Waals surface area contributed by atoms with Gasteiger partial charge < -0.3 is 19.9 Å². The van der Waals surface area contributed by atoms with E-state index >= 15 is 0 Å². The first-order valence-corrected chi connectivity index (χ1v) is 6.74. The number of ether oxygens (including phenoxy) is 1. The highest BCUT2D eigenvalue weighted by atomic mass is 16.5. The first-order chi connectivity index (χ1) is 9.74. The van der Waals surface area contributed by atoms with Gasteiger partial charge in [-0.15, -0.1) is 0 Å². The van der Waals surface area contributed by atoms with Crippen LogP contribution < -0.4 is 15.1 Å². The first-order valence-electron chi connectivity index (χ1n) is 6.74. The summed E-state index contributed by atoms with van der Waals surface area (Å²) in [5, 5.41) is 2.54. The zero-order chi connectivity index (χ0) is 13.9. The summed E-state index contributed by atoms with van der Waals surface area (Å²) in [4.78, 5) is 27.0. The van der Waals surface area contributed by atoms with Crippen molar-refractivity contribution < 1.29 is 14.3 Å². The molecule has 0 saturated carbocycles. The van der Waals surface area contributed by atoms with Gasteiger partial charge in [-0.3, -0.25) is 9.59 Å². The van der Waals surface area contributed by atoms with Gasteiger partial charge in [0.2, 0.25) is 11.8 Å². The van der Waals surface area contributed by atoms with E-state index in [1.807, 2.05) is 24.3 Å². The van der Waals surface area contributed by atoms with Crippen molar-refractivity contribution in [1.29, 1.82) is 0 Å². The van der Waals surface area contributed by atoms with Gasteiger partial charge in [0.25, 0.3) is 0 Å². The quantitative estimate of drug-likeness (QED) is 0.824. The van der Waals surface area contributed by atoms with Gasteiger partial charge in [0.05, 0.1) is 19.8 Å². The molecule has 0 aliphatic carbocycles. The molecule has 1 aromatic carbocycles. The Morgan fingerprint density at radius 3 is 2.35 bits per heavy atom. The van der Waals surface area contributed by atoms with Gasteiger partial charge in [-0.05, 0) is 24.3 Å². The summed E-state index contributed by atoms with van der Waals surface area (Å²) in [7, 11) is 0. The van der Waals surface area contributed by atoms with Crippen molar-refractivity contribution in [2.24, 2.45) is 0 Å². The summed E-state index contributed by atoms with van der Waals surface area (Å²) >= 11 is 0. The van der Waals surface area contributed by atoms with Gasteiger partial charge >= 0.3 is 0 Å². The second kappa shape index (κ2) is 5.50. The van der Waals surface area contributed by atoms with Crippen molar-refractivity contribution >= 4 is 23.2 Å². The fourth-order valence-corrected chi connectivity index (χ4v) is 2.46. The number of nitrogens with zero attached hydrogens (tertiary/aromatic N) is 2. The minimum atomic E-state index is -0.123. The van der Waals surface area contributed by atoms with Crippen LogP contribution in [0.1, 0.15) is 0 Å². The third kappa shape index (κ3) is 2.60. The second-order valence-corrected chi connectivity index (χ2v) is 4.87. The van der Waals surface area contributed by atoms with Crippen molar-refractivity contribution in [2.45, 2.75) is 0 Å². The van der Waals surface area contributed by atoms with Crippen molar-refractivity contribution in [2.75, 3.05) is 49.2 Å². The summed E-state index contributed by atoms with van der Waals surface area (Å²) in [5.74, 6) is -0.203. The standard InChI is InChI=1S/C14H17N3O3/c18-13-10-17(14(19)9-15-13)12-3-1-11(2-4-12)16-5-7-20-8-6-16/h1-4H,5-10H2,(H,15,18). The van der Waals surface area contributed by atoms with Crippen LogP contribution in [0, 0.1) is 0 Å². The molecule has 6 nitrogen and oxygen atoms in total. The molecule has 0 atom stereocenters. The fraction of sp³-hybridized carbons (Fsp3) is 0.429. The van der Waals surface area contributed by atoms with E-state index in [0.29, 0.717) is 0 Å². The smallest absolute Gasteiger partial charge is 0.246 e.